The van der Waals surface area contributed by atoms with Crippen molar-refractivity contribution in [1.29, 1.82) is 0 Å². The van der Waals surface area contributed by atoms with Crippen LogP contribution in [-0.4, -0.2) is 10.9 Å². The number of benzene rings is 1. The van der Waals surface area contributed by atoms with Crippen LogP contribution in [-0.2, 0) is 4.79 Å². The number of ether oxygens (including phenoxy) is 1. The minimum atomic E-state index is -0.802. The molecular weight excluding hydrogens is 315 g/mol. The number of nitrogens with zero attached hydrogens (tertiary/aromatic N) is 1. The van der Waals surface area contributed by atoms with Crippen molar-refractivity contribution in [2.75, 3.05) is 5.32 Å². The van der Waals surface area contributed by atoms with Gasteiger partial charge in [0.15, 0.2) is 11.6 Å². The van der Waals surface area contributed by atoms with Crippen LogP contribution < -0.4 is 10.1 Å². The van der Waals surface area contributed by atoms with Crippen molar-refractivity contribution in [3.63, 3.8) is 0 Å². The fourth-order valence-corrected chi connectivity index (χ4v) is 2.13. The third-order valence-electron chi connectivity index (χ3n) is 2.72. The zero-order valence-electron chi connectivity index (χ0n) is 9.56. The van der Waals surface area contributed by atoms with Crippen LogP contribution in [0.2, 0.25) is 0 Å². The SMILES string of the molecule is O=C1Nc2ncc(Br)cc2OC1c1ccc(F)cc1. The number of hydrogen-bond donors (Lipinski definition) is 1. The molecule has 1 aliphatic rings. The first-order valence-corrected chi connectivity index (χ1v) is 6.31. The summed E-state index contributed by atoms with van der Waals surface area (Å²) in [6, 6.07) is 7.35. The Kier molecular flexibility index (Phi) is 2.94. The van der Waals surface area contributed by atoms with Gasteiger partial charge in [-0.05, 0) is 34.1 Å². The lowest BCUT2D eigenvalue weighted by atomic mass is 10.1. The van der Waals surface area contributed by atoms with Crippen molar-refractivity contribution >= 4 is 27.7 Å². The number of anilines is 1. The molecule has 0 saturated heterocycles. The number of rotatable bonds is 1. The molecule has 1 unspecified atom stereocenters. The van der Waals surface area contributed by atoms with E-state index in [1.165, 1.54) is 24.3 Å². The fourth-order valence-electron chi connectivity index (χ4n) is 1.82. The van der Waals surface area contributed by atoms with E-state index in [1.807, 2.05) is 0 Å². The average Bonchev–Trinajstić information content (AvgIpc) is 2.40. The summed E-state index contributed by atoms with van der Waals surface area (Å²) in [4.78, 5) is 16.0. The monoisotopic (exact) mass is 322 g/mol. The van der Waals surface area contributed by atoms with Gasteiger partial charge in [-0.2, -0.15) is 0 Å². The molecule has 1 aliphatic heterocycles. The predicted molar refractivity (Wildman–Crippen MR) is 70.3 cm³/mol. The van der Waals surface area contributed by atoms with Gasteiger partial charge < -0.3 is 10.1 Å². The smallest absolute Gasteiger partial charge is 0.271 e. The fraction of sp³-hybridized carbons (Fsp3) is 0.0769. The summed E-state index contributed by atoms with van der Waals surface area (Å²) in [5.74, 6) is 0.175. The Hall–Kier alpha value is -1.95. The standard InChI is InChI=1S/C13H8BrFN2O2/c14-8-5-10-12(16-6-8)17-13(18)11(19-10)7-1-3-9(15)4-2-7/h1-6,11H,(H,16,17,18). The Bertz CT molecular complexity index is 646. The van der Waals surface area contributed by atoms with E-state index >= 15 is 0 Å². The maximum absolute atomic E-state index is 12.9. The summed E-state index contributed by atoms with van der Waals surface area (Å²) >= 11 is 3.29. The van der Waals surface area contributed by atoms with E-state index < -0.39 is 6.10 Å². The number of hydrogen-bond acceptors (Lipinski definition) is 3. The van der Waals surface area contributed by atoms with E-state index in [-0.39, 0.29) is 11.7 Å². The lowest BCUT2D eigenvalue weighted by Crippen LogP contribution is -2.30. The molecule has 0 spiro atoms. The van der Waals surface area contributed by atoms with Gasteiger partial charge in [0.05, 0.1) is 0 Å². The first kappa shape index (κ1) is 12.1. The Labute approximate surface area is 116 Å². The van der Waals surface area contributed by atoms with Gasteiger partial charge in [-0.3, -0.25) is 4.79 Å². The number of carbonyl (C=O) groups is 1. The molecule has 19 heavy (non-hydrogen) atoms. The number of pyridine rings is 1. The van der Waals surface area contributed by atoms with Crippen LogP contribution in [0.3, 0.4) is 0 Å². The van der Waals surface area contributed by atoms with Gasteiger partial charge in [-0.25, -0.2) is 9.37 Å². The Morgan fingerprint density at radius 3 is 2.79 bits per heavy atom. The normalized spacial score (nSPS) is 17.4. The summed E-state index contributed by atoms with van der Waals surface area (Å²) in [6.45, 7) is 0. The lowest BCUT2D eigenvalue weighted by Gasteiger charge is -2.25. The van der Waals surface area contributed by atoms with Crippen molar-refractivity contribution in [1.82, 2.24) is 4.98 Å². The van der Waals surface area contributed by atoms with Gasteiger partial charge in [0, 0.05) is 16.2 Å². The van der Waals surface area contributed by atoms with E-state index in [4.69, 9.17) is 4.74 Å². The third-order valence-corrected chi connectivity index (χ3v) is 3.15. The molecule has 4 nitrogen and oxygen atoms in total. The Balaban J connectivity index is 1.96. The predicted octanol–water partition coefficient (Wildman–Crippen LogP) is 3.06. The van der Waals surface area contributed by atoms with Gasteiger partial charge in [0.2, 0.25) is 6.10 Å². The first-order chi connectivity index (χ1) is 9.13. The minimum Gasteiger partial charge on any atom is -0.472 e. The molecule has 2 aromatic rings. The Morgan fingerprint density at radius 2 is 2.05 bits per heavy atom. The highest BCUT2D eigenvalue weighted by Crippen LogP contribution is 2.34. The highest BCUT2D eigenvalue weighted by molar-refractivity contribution is 9.10. The van der Waals surface area contributed by atoms with Crippen molar-refractivity contribution in [2.24, 2.45) is 0 Å². The van der Waals surface area contributed by atoms with Gasteiger partial charge in [0.25, 0.3) is 5.91 Å². The molecule has 1 aromatic carbocycles. The molecule has 3 rings (SSSR count). The molecule has 0 aliphatic carbocycles. The summed E-state index contributed by atoms with van der Waals surface area (Å²) < 4.78 is 19.3. The molecule has 2 heterocycles. The molecule has 96 valence electrons. The van der Waals surface area contributed by atoms with Crippen molar-refractivity contribution < 1.29 is 13.9 Å². The number of amides is 1. The molecule has 0 bridgehead atoms. The molecular formula is C13H8BrFN2O2. The topological polar surface area (TPSA) is 51.2 Å². The second kappa shape index (κ2) is 4.62. The van der Waals surface area contributed by atoms with Gasteiger partial charge in [-0.15, -0.1) is 0 Å². The zero-order valence-corrected chi connectivity index (χ0v) is 11.1. The van der Waals surface area contributed by atoms with E-state index in [1.54, 1.807) is 12.3 Å². The van der Waals surface area contributed by atoms with Crippen LogP contribution >= 0.6 is 15.9 Å². The quantitative estimate of drug-likeness (QED) is 0.877. The number of aromatic nitrogens is 1. The molecule has 1 amide bonds. The highest BCUT2D eigenvalue weighted by Gasteiger charge is 2.30. The molecule has 0 fully saturated rings. The van der Waals surface area contributed by atoms with Gasteiger partial charge in [-0.1, -0.05) is 12.1 Å². The number of carbonyl (C=O) groups excluding carboxylic acids is 1. The van der Waals surface area contributed by atoms with Crippen LogP contribution in [0, 0.1) is 5.82 Å². The van der Waals surface area contributed by atoms with Crippen LogP contribution in [0.25, 0.3) is 0 Å². The zero-order chi connectivity index (χ0) is 13.4. The first-order valence-electron chi connectivity index (χ1n) is 5.52. The molecule has 1 aromatic heterocycles. The lowest BCUT2D eigenvalue weighted by molar-refractivity contribution is -0.123. The van der Waals surface area contributed by atoms with Gasteiger partial charge >= 0.3 is 0 Å². The molecule has 6 heteroatoms. The summed E-state index contributed by atoms with van der Waals surface area (Å²) in [6.07, 6.45) is 0.768. The number of nitrogens with one attached hydrogen (secondary N) is 1. The molecule has 0 radical (unpaired) electrons. The van der Waals surface area contributed by atoms with E-state index in [0.717, 1.165) is 4.47 Å². The molecule has 1 atom stereocenters. The van der Waals surface area contributed by atoms with Crippen LogP contribution in [0.5, 0.6) is 5.75 Å². The van der Waals surface area contributed by atoms with E-state index in [9.17, 15) is 9.18 Å². The van der Waals surface area contributed by atoms with Crippen LogP contribution in [0.15, 0.2) is 41.0 Å². The molecule has 0 saturated carbocycles. The average molecular weight is 323 g/mol. The highest BCUT2D eigenvalue weighted by atomic mass is 79.9. The largest absolute Gasteiger partial charge is 0.472 e. The second-order valence-corrected chi connectivity index (χ2v) is 4.95. The third kappa shape index (κ3) is 2.31. The van der Waals surface area contributed by atoms with Crippen LogP contribution in [0.4, 0.5) is 10.2 Å². The second-order valence-electron chi connectivity index (χ2n) is 4.04. The summed E-state index contributed by atoms with van der Waals surface area (Å²) in [5.41, 5.74) is 0.588. The number of halogens is 2. The maximum atomic E-state index is 12.9. The minimum absolute atomic E-state index is 0.325. The Morgan fingerprint density at radius 1 is 1.32 bits per heavy atom. The van der Waals surface area contributed by atoms with E-state index in [0.29, 0.717) is 17.1 Å². The van der Waals surface area contributed by atoms with E-state index in [2.05, 4.69) is 26.2 Å². The number of fused-ring (bicyclic) bond motifs is 1. The summed E-state index contributed by atoms with van der Waals surface area (Å²) in [5, 5.41) is 2.66. The van der Waals surface area contributed by atoms with Crippen molar-refractivity contribution in [2.45, 2.75) is 6.10 Å². The van der Waals surface area contributed by atoms with Crippen molar-refractivity contribution in [3.8, 4) is 5.75 Å². The summed E-state index contributed by atoms with van der Waals surface area (Å²) in [7, 11) is 0. The molecule has 1 N–H and O–H groups in total. The maximum Gasteiger partial charge on any atom is 0.271 e. The van der Waals surface area contributed by atoms with Crippen molar-refractivity contribution in [3.05, 3.63) is 52.4 Å². The van der Waals surface area contributed by atoms with Gasteiger partial charge in [0.1, 0.15) is 5.82 Å². The van der Waals surface area contributed by atoms with Crippen LogP contribution in [0.1, 0.15) is 11.7 Å².